The standard InChI is InChI=1S/C37H33FN10O21S7/c1-2-70(50,51)14-12-48(22-6-4-3-5-7-22)37-42-35(38)41-36(43-37)40-21-8-11-26(72(54,55)56)25(18-21)45-47-33-29(75(63,64)65)17-20-16-28(74(60,61)62)32(31(39)30(20)34(33)49)46-44-24-10-9-23(19-27(24)73(57,58)59)71(52,53)15-13-69-76(66,67)68/h2-11,16-19,49H,1,12-15,39H2,(H,54,55,56)(H,57,58,59)(H,60,61,62)(H,63,64,65)(H,66,67,68)(H,40,41,42,43). The van der Waals surface area contributed by atoms with Gasteiger partial charge in [-0.05, 0) is 66.0 Å². The van der Waals surface area contributed by atoms with Gasteiger partial charge in [-0.3, -0.25) is 22.8 Å². The lowest BCUT2D eigenvalue weighted by Gasteiger charge is -2.22. The van der Waals surface area contributed by atoms with Crippen molar-refractivity contribution in [3.8, 4) is 5.75 Å². The average molecular weight is 1200 g/mol. The fraction of sp³-hybridized carbons (Fsp3) is 0.108. The van der Waals surface area contributed by atoms with Crippen molar-refractivity contribution in [3.63, 3.8) is 0 Å². The molecule has 0 spiro atoms. The van der Waals surface area contributed by atoms with Crippen LogP contribution < -0.4 is 16.0 Å². The summed E-state index contributed by atoms with van der Waals surface area (Å²) in [4.78, 5) is 6.44. The first-order valence-electron chi connectivity index (χ1n) is 19.8. The highest BCUT2D eigenvalue weighted by Gasteiger charge is 2.30. The second-order valence-electron chi connectivity index (χ2n) is 14.9. The Labute approximate surface area is 429 Å². The molecule has 9 N–H and O–H groups in total. The molecule has 0 unspecified atom stereocenters. The first kappa shape index (κ1) is 58.1. The summed E-state index contributed by atoms with van der Waals surface area (Å²) in [7, 11) is -35.6. The van der Waals surface area contributed by atoms with Crippen LogP contribution in [0.4, 0.5) is 56.1 Å². The van der Waals surface area contributed by atoms with E-state index in [2.05, 4.69) is 51.5 Å². The minimum Gasteiger partial charge on any atom is -0.505 e. The minimum absolute atomic E-state index is 0.285. The lowest BCUT2D eigenvalue weighted by molar-refractivity contribution is 0.284. The summed E-state index contributed by atoms with van der Waals surface area (Å²) < 4.78 is 241. The second kappa shape index (κ2) is 21.5. The summed E-state index contributed by atoms with van der Waals surface area (Å²) in [5.74, 6) is -4.20. The van der Waals surface area contributed by atoms with Gasteiger partial charge < -0.3 is 21.1 Å². The second-order valence-corrected chi connectivity index (χ2v) is 25.7. The Hall–Kier alpha value is -7.15. The number of aromatic nitrogens is 3. The Balaban J connectivity index is 1.47. The number of nitrogens with zero attached hydrogens (tertiary/aromatic N) is 8. The van der Waals surface area contributed by atoms with Gasteiger partial charge in [-0.2, -0.15) is 61.4 Å². The average Bonchev–Trinajstić information content (AvgIpc) is 3.29. The number of nitrogens with one attached hydrogen (secondary N) is 1. The van der Waals surface area contributed by atoms with Crippen molar-refractivity contribution in [1.82, 2.24) is 15.0 Å². The minimum atomic E-state index is -5.61. The Morgan fingerprint density at radius 2 is 1.24 bits per heavy atom. The van der Waals surface area contributed by atoms with Crippen LogP contribution in [0.1, 0.15) is 0 Å². The molecule has 0 saturated carbocycles. The van der Waals surface area contributed by atoms with E-state index in [0.717, 1.165) is 12.1 Å². The topological polar surface area (TPSA) is 499 Å². The molecule has 0 aliphatic carbocycles. The molecular formula is C37H33FN10O21S7. The van der Waals surface area contributed by atoms with Crippen molar-refractivity contribution in [2.75, 3.05) is 40.6 Å². The molecule has 0 amide bonds. The van der Waals surface area contributed by atoms with Gasteiger partial charge in [-0.1, -0.05) is 24.8 Å². The Morgan fingerprint density at radius 3 is 1.82 bits per heavy atom. The van der Waals surface area contributed by atoms with Crippen LogP contribution in [0.3, 0.4) is 0 Å². The van der Waals surface area contributed by atoms with Gasteiger partial charge in [0.05, 0.1) is 34.1 Å². The lowest BCUT2D eigenvalue weighted by atomic mass is 10.1. The molecule has 1 heterocycles. The zero-order chi connectivity index (χ0) is 56.6. The highest BCUT2D eigenvalue weighted by Crippen LogP contribution is 2.49. The van der Waals surface area contributed by atoms with E-state index < -0.39 is 176 Å². The number of azo groups is 2. The summed E-state index contributed by atoms with van der Waals surface area (Å²) in [6.45, 7) is 1.75. The Kier molecular flexibility index (Phi) is 16.4. The van der Waals surface area contributed by atoms with Crippen LogP contribution in [-0.4, -0.2) is 126 Å². The monoisotopic (exact) mass is 1200 g/mol. The van der Waals surface area contributed by atoms with E-state index >= 15 is 4.39 Å². The number of anilines is 5. The molecule has 31 nitrogen and oxygen atoms in total. The van der Waals surface area contributed by atoms with Gasteiger partial charge in [0.1, 0.15) is 42.3 Å². The largest absolute Gasteiger partial charge is 0.505 e. The SMILES string of the molecule is C=CS(=O)(=O)CCN(c1ccccc1)c1nc(F)nc(Nc2ccc(S(=O)(=O)O)c(N=Nc3c(S(=O)(=O)O)cc4cc(S(=O)(=O)O)c(N=Nc5ccc(S(=O)(=O)CCOS(=O)(=O)O)cc5S(=O)(=O)O)c(N)c4c3O)c2)n1. The molecule has 0 atom stereocenters. The third-order valence-corrected chi connectivity index (χ3v) is 16.7. The predicted octanol–water partition coefficient (Wildman–Crippen LogP) is 4.30. The number of nitrogen functional groups attached to an aromatic ring is 1. The highest BCUT2D eigenvalue weighted by atomic mass is 32.3. The fourth-order valence-electron chi connectivity index (χ4n) is 6.45. The van der Waals surface area contributed by atoms with Crippen molar-refractivity contribution in [2.24, 2.45) is 20.5 Å². The maximum Gasteiger partial charge on any atom is 0.397 e. The molecule has 76 heavy (non-hydrogen) atoms. The number of hydrogen-bond acceptors (Lipinski definition) is 26. The molecule has 0 radical (unpaired) electrons. The maximum atomic E-state index is 15.0. The van der Waals surface area contributed by atoms with Gasteiger partial charge in [0.25, 0.3) is 40.5 Å². The molecule has 0 saturated heterocycles. The third-order valence-electron chi connectivity index (χ3n) is 9.79. The quantitative estimate of drug-likeness (QED) is 0.0283. The van der Waals surface area contributed by atoms with Crippen molar-refractivity contribution < 1.29 is 95.4 Å². The third kappa shape index (κ3) is 14.0. The first-order chi connectivity index (χ1) is 35.0. The van der Waals surface area contributed by atoms with E-state index in [4.69, 9.17) is 10.3 Å². The number of para-hydroxylation sites is 1. The van der Waals surface area contributed by atoms with E-state index in [0.29, 0.717) is 47.5 Å². The van der Waals surface area contributed by atoms with Crippen molar-refractivity contribution in [3.05, 3.63) is 96.9 Å². The van der Waals surface area contributed by atoms with Crippen LogP contribution in [0.15, 0.2) is 136 Å². The highest BCUT2D eigenvalue weighted by molar-refractivity contribution is 7.94. The summed E-state index contributed by atoms with van der Waals surface area (Å²) in [6, 6.07) is 12.6. The number of halogens is 1. The lowest BCUT2D eigenvalue weighted by Crippen LogP contribution is -2.26. The van der Waals surface area contributed by atoms with E-state index in [1.807, 2.05) is 0 Å². The normalized spacial score (nSPS) is 13.1. The summed E-state index contributed by atoms with van der Waals surface area (Å²) in [5, 5.41) is 27.4. The number of nitrogens with two attached hydrogens (primary N) is 1. The van der Waals surface area contributed by atoms with E-state index in [1.165, 1.54) is 17.0 Å². The molecule has 0 aliphatic rings. The molecular weight excluding hydrogens is 1160 g/mol. The molecule has 6 aromatic rings. The molecule has 6 rings (SSSR count). The fourth-order valence-corrected chi connectivity index (χ4v) is 11.2. The van der Waals surface area contributed by atoms with Crippen molar-refractivity contribution >= 4 is 133 Å². The summed E-state index contributed by atoms with van der Waals surface area (Å²) >= 11 is 0. The molecule has 0 bridgehead atoms. The molecule has 39 heteroatoms. The molecule has 406 valence electrons. The number of fused-ring (bicyclic) bond motifs is 1. The van der Waals surface area contributed by atoms with Gasteiger partial charge in [0.15, 0.2) is 25.4 Å². The number of phenolic OH excluding ortho intramolecular Hbond substituents is 1. The number of rotatable bonds is 21. The summed E-state index contributed by atoms with van der Waals surface area (Å²) in [6.07, 6.45) is -1.41. The number of phenols is 1. The van der Waals surface area contributed by atoms with Crippen molar-refractivity contribution in [1.29, 1.82) is 0 Å². The maximum absolute atomic E-state index is 15.0. The van der Waals surface area contributed by atoms with Crippen LogP contribution in [-0.2, 0) is 74.7 Å². The molecule has 5 aromatic carbocycles. The van der Waals surface area contributed by atoms with Crippen LogP contribution in [0, 0.1) is 6.08 Å². The number of sulfone groups is 2. The van der Waals surface area contributed by atoms with Gasteiger partial charge in [0, 0.05) is 23.3 Å². The molecule has 0 fully saturated rings. The van der Waals surface area contributed by atoms with E-state index in [-0.39, 0.29) is 12.2 Å². The van der Waals surface area contributed by atoms with E-state index in [1.54, 1.807) is 18.2 Å². The van der Waals surface area contributed by atoms with Gasteiger partial charge in [-0.25, -0.2) is 21.0 Å². The number of aromatic hydroxyl groups is 1. The Morgan fingerprint density at radius 1 is 0.658 bits per heavy atom. The van der Waals surface area contributed by atoms with Gasteiger partial charge >= 0.3 is 16.5 Å². The smallest absolute Gasteiger partial charge is 0.397 e. The zero-order valence-corrected chi connectivity index (χ0v) is 43.0. The zero-order valence-electron chi connectivity index (χ0n) is 37.3. The van der Waals surface area contributed by atoms with Gasteiger partial charge in [-0.15, -0.1) is 20.5 Å². The first-order valence-corrected chi connectivity index (χ1v) is 30.3. The van der Waals surface area contributed by atoms with Crippen LogP contribution in [0.2, 0.25) is 0 Å². The predicted molar refractivity (Wildman–Crippen MR) is 261 cm³/mol. The molecule has 0 aliphatic heterocycles. The van der Waals surface area contributed by atoms with Gasteiger partial charge in [0.2, 0.25) is 11.9 Å². The van der Waals surface area contributed by atoms with E-state index in [9.17, 15) is 82.2 Å². The van der Waals surface area contributed by atoms with Crippen LogP contribution in [0.5, 0.6) is 5.75 Å². The molecule has 1 aromatic heterocycles. The van der Waals surface area contributed by atoms with Crippen LogP contribution >= 0.6 is 0 Å². The number of benzene rings is 5. The number of hydrogen-bond donors (Lipinski definition) is 8. The van der Waals surface area contributed by atoms with Crippen molar-refractivity contribution in [2.45, 2.75) is 24.5 Å². The Bertz CT molecular complexity index is 4250. The van der Waals surface area contributed by atoms with Crippen LogP contribution in [0.25, 0.3) is 10.8 Å². The summed E-state index contributed by atoms with van der Waals surface area (Å²) in [5.41, 5.74) is 0.756.